The molecule has 0 aromatic heterocycles. The Bertz CT molecular complexity index is 3.25. The predicted molar refractivity (Wildman–Crippen MR) is 0 cm³/mol. The molecule has 0 heterocycles. The Morgan fingerprint density at radius 1 is 0.500 bits per heavy atom. The molecule has 1 radical (unpaired) electrons. The first-order valence-corrected chi connectivity index (χ1v) is 0. The van der Waals surface area contributed by atoms with Gasteiger partial charge in [0.1, 0.15) is 0 Å². The van der Waals surface area contributed by atoms with Gasteiger partial charge >= 0.3 is 0 Å². The first-order chi connectivity index (χ1) is 0. The van der Waals surface area contributed by atoms with Crippen molar-refractivity contribution in [3.63, 3.8) is 0 Å². The molecule has 4 heteroatoms. The van der Waals surface area contributed by atoms with E-state index < -0.39 is 0 Å². The second-order valence-corrected chi connectivity index (χ2v) is 0. The number of halogens is 3. The van der Waals surface area contributed by atoms with E-state index in [1.807, 2.05) is 0 Å². The topological polar surface area (TPSA) is 0 Å². The quantitative estimate of drug-likeness (QED) is 0.258. The maximum absolute atomic E-state index is 0. The van der Waals surface area contributed by atoms with Crippen LogP contribution in [0.2, 0.25) is 0 Å². The molecule has 0 nitrogen and oxygen atoms in total. The molecule has 0 aliphatic carbocycles. The third-order valence-corrected chi connectivity index (χ3v) is 0. The van der Waals surface area contributed by atoms with Crippen LogP contribution in [0.3, 0.4) is 0 Å². The molecule has 0 atom stereocenters. The van der Waals surface area contributed by atoms with Crippen LogP contribution in [-0.2, 0) is 22.4 Å². The molecule has 0 unspecified atom stereocenters. The van der Waals surface area contributed by atoms with Gasteiger partial charge in [-0.1, -0.05) is 0 Å². The van der Waals surface area contributed by atoms with E-state index in [1.54, 1.807) is 0 Å². The summed E-state index contributed by atoms with van der Waals surface area (Å²) in [5.74, 6) is 0. The summed E-state index contributed by atoms with van der Waals surface area (Å²) in [4.78, 5) is 0. The van der Waals surface area contributed by atoms with Gasteiger partial charge in [0.2, 0.25) is 0 Å². The average molecular weight is 562 g/mol. The minimum atomic E-state index is 0. The van der Waals surface area contributed by atoms with Gasteiger partial charge in [0.15, 0.2) is 0 Å². The van der Waals surface area contributed by atoms with Crippen LogP contribution in [0.1, 0.15) is 0 Å². The van der Waals surface area contributed by atoms with Crippen LogP contribution >= 0.6 is 0 Å². The maximum atomic E-state index is 0. The molecule has 0 bridgehead atoms. The number of hydrogen-bond donors (Lipinski definition) is 0. The number of rotatable bonds is 0. The molecule has 0 rings (SSSR count). The number of hydrogen-bond acceptors (Lipinski definition) is 0. The normalized spacial score (nSPS) is 0. The van der Waals surface area contributed by atoms with E-state index in [0.717, 1.165) is 0 Å². The van der Waals surface area contributed by atoms with Crippen LogP contribution in [0.4, 0.5) is 0 Å². The van der Waals surface area contributed by atoms with E-state index in [9.17, 15) is 0 Å². The van der Waals surface area contributed by atoms with E-state index >= 15 is 0 Å². The first-order valence-electron chi connectivity index (χ1n) is 0. The summed E-state index contributed by atoms with van der Waals surface area (Å²) < 4.78 is 0. The van der Waals surface area contributed by atoms with Crippen molar-refractivity contribution in [3.8, 4) is 0 Å². The zero-order valence-corrected chi connectivity index (χ0v) is 11.3. The summed E-state index contributed by atoms with van der Waals surface area (Å²) in [5.41, 5.74) is 0. The average Bonchev–Trinajstić information content (AvgIpc) is 0. The minimum absolute atomic E-state index is 0. The van der Waals surface area contributed by atoms with Crippen LogP contribution in [-0.4, -0.2) is 0 Å². The molecular formula is I3Ta-3. The van der Waals surface area contributed by atoms with E-state index in [0.29, 0.717) is 0 Å². The Balaban J connectivity index is 0. The Hall–Kier alpha value is 2.93. The molecule has 0 aliphatic rings. The molecule has 0 aromatic carbocycles. The van der Waals surface area contributed by atoms with Gasteiger partial charge in [-0.25, -0.2) is 0 Å². The second kappa shape index (κ2) is 16.8. The fraction of sp³-hybridized carbons (Fsp3) is 0. The van der Waals surface area contributed by atoms with Gasteiger partial charge in [-0.05, 0) is 0 Å². The zero-order chi connectivity index (χ0) is 0. The van der Waals surface area contributed by atoms with E-state index in [-0.39, 0.29) is 94.3 Å². The van der Waals surface area contributed by atoms with Crippen LogP contribution in [0, 0.1) is 0 Å². The van der Waals surface area contributed by atoms with Crippen LogP contribution in [0.5, 0.6) is 0 Å². The molecule has 0 amide bonds. The summed E-state index contributed by atoms with van der Waals surface area (Å²) in [6.45, 7) is 0. The summed E-state index contributed by atoms with van der Waals surface area (Å²) in [6.07, 6.45) is 0. The Morgan fingerprint density at radius 3 is 0.500 bits per heavy atom. The van der Waals surface area contributed by atoms with Gasteiger partial charge in [0.25, 0.3) is 0 Å². The molecule has 29 valence electrons. The van der Waals surface area contributed by atoms with Crippen LogP contribution in [0.15, 0.2) is 0 Å². The molecule has 0 saturated heterocycles. The molecule has 0 aliphatic heterocycles. The molecular weight excluding hydrogens is 562 g/mol. The van der Waals surface area contributed by atoms with E-state index in [4.69, 9.17) is 0 Å². The standard InChI is InChI=1S/3HI.Ta/h3*1H;/p-3. The maximum Gasteiger partial charge on any atom is 0 e. The van der Waals surface area contributed by atoms with Gasteiger partial charge in [0.05, 0.1) is 0 Å². The minimum Gasteiger partial charge on any atom is -1.00 e. The zero-order valence-electron chi connectivity index (χ0n) is 1.58. The SMILES string of the molecule is [I-].[I-].[I-].[Ta]. The largest absolute Gasteiger partial charge is 1.00 e. The van der Waals surface area contributed by atoms with Crippen molar-refractivity contribution in [1.82, 2.24) is 0 Å². The van der Waals surface area contributed by atoms with Gasteiger partial charge in [0, 0.05) is 22.4 Å². The van der Waals surface area contributed by atoms with Gasteiger partial charge in [-0.15, -0.1) is 0 Å². The third kappa shape index (κ3) is 8.87. The Morgan fingerprint density at radius 2 is 0.500 bits per heavy atom. The Labute approximate surface area is 92.4 Å². The second-order valence-electron chi connectivity index (χ2n) is 0. The fourth-order valence-electron chi connectivity index (χ4n) is 0. The van der Waals surface area contributed by atoms with Gasteiger partial charge in [-0.2, -0.15) is 0 Å². The smallest absolute Gasteiger partial charge is 0 e. The molecule has 4 heavy (non-hydrogen) atoms. The van der Waals surface area contributed by atoms with Gasteiger partial charge in [-0.3, -0.25) is 0 Å². The predicted octanol–water partition coefficient (Wildman–Crippen LogP) is -8.99. The molecule has 0 saturated carbocycles. The molecule has 0 aromatic rings. The summed E-state index contributed by atoms with van der Waals surface area (Å²) in [5, 5.41) is 0. The van der Waals surface area contributed by atoms with Gasteiger partial charge < -0.3 is 71.9 Å². The van der Waals surface area contributed by atoms with Crippen molar-refractivity contribution in [2.75, 3.05) is 0 Å². The summed E-state index contributed by atoms with van der Waals surface area (Å²) in [7, 11) is 0. The monoisotopic (exact) mass is 562 g/mol. The van der Waals surface area contributed by atoms with E-state index in [2.05, 4.69) is 0 Å². The fourth-order valence-corrected chi connectivity index (χ4v) is 0. The van der Waals surface area contributed by atoms with Crippen molar-refractivity contribution >= 4 is 0 Å². The molecule has 0 N–H and O–H groups in total. The van der Waals surface area contributed by atoms with Crippen LogP contribution < -0.4 is 71.9 Å². The van der Waals surface area contributed by atoms with Crippen molar-refractivity contribution in [3.05, 3.63) is 0 Å². The third-order valence-electron chi connectivity index (χ3n) is 0. The summed E-state index contributed by atoms with van der Waals surface area (Å²) >= 11 is 0. The van der Waals surface area contributed by atoms with Crippen molar-refractivity contribution < 1.29 is 94.3 Å². The van der Waals surface area contributed by atoms with Crippen molar-refractivity contribution in [2.45, 2.75) is 0 Å². The Kier molecular flexibility index (Phi) is 119. The first kappa shape index (κ1) is 28.4. The van der Waals surface area contributed by atoms with E-state index in [1.165, 1.54) is 0 Å². The van der Waals surface area contributed by atoms with Crippen LogP contribution in [0.25, 0.3) is 0 Å². The molecule has 0 spiro atoms. The molecule has 0 fully saturated rings. The van der Waals surface area contributed by atoms with Crippen molar-refractivity contribution in [2.24, 2.45) is 0 Å². The van der Waals surface area contributed by atoms with Crippen molar-refractivity contribution in [1.29, 1.82) is 0 Å². The summed E-state index contributed by atoms with van der Waals surface area (Å²) in [6, 6.07) is 0.